The maximum absolute atomic E-state index is 4.70. The summed E-state index contributed by atoms with van der Waals surface area (Å²) in [6.45, 7) is 7.42. The third kappa shape index (κ3) is 2.98. The van der Waals surface area contributed by atoms with Gasteiger partial charge in [-0.2, -0.15) is 0 Å². The molecule has 1 atom stereocenters. The zero-order valence-electron chi connectivity index (χ0n) is 11.2. The Labute approximate surface area is 113 Å². The lowest BCUT2D eigenvalue weighted by Crippen LogP contribution is -2.23. The summed E-state index contributed by atoms with van der Waals surface area (Å²) < 4.78 is 0. The van der Waals surface area contributed by atoms with Crippen LogP contribution in [-0.4, -0.2) is 11.5 Å². The second-order valence-electron chi connectivity index (χ2n) is 4.49. The Kier molecular flexibility index (Phi) is 4.50. The van der Waals surface area contributed by atoms with Gasteiger partial charge in [0.2, 0.25) is 0 Å². The lowest BCUT2D eigenvalue weighted by atomic mass is 10.1. The summed E-state index contributed by atoms with van der Waals surface area (Å²) in [5, 5.41) is 4.76. The maximum Gasteiger partial charge on any atom is 0.115 e. The smallest absolute Gasteiger partial charge is 0.115 e. The minimum absolute atomic E-state index is 0.226. The van der Waals surface area contributed by atoms with Gasteiger partial charge < -0.3 is 5.32 Å². The van der Waals surface area contributed by atoms with Crippen molar-refractivity contribution >= 4 is 11.3 Å². The Morgan fingerprint density at radius 2 is 1.94 bits per heavy atom. The fraction of sp³-hybridized carbons (Fsp3) is 0.400. The Morgan fingerprint density at radius 3 is 2.50 bits per heavy atom. The molecule has 96 valence electrons. The molecule has 0 saturated heterocycles. The van der Waals surface area contributed by atoms with Crippen LogP contribution in [0.5, 0.6) is 0 Å². The summed E-state index contributed by atoms with van der Waals surface area (Å²) >= 11 is 1.79. The standard InChI is InChI=1S/C15H20N2S/c1-4-10-16-14(13-8-6-5-7-9-13)15-17-11(2)12(3)18-15/h5-9,14,16H,4,10H2,1-3H3. The molecule has 3 heteroatoms. The Balaban J connectivity index is 2.30. The average Bonchev–Trinajstić information content (AvgIpc) is 2.71. The molecule has 2 aromatic rings. The number of aromatic nitrogens is 1. The van der Waals surface area contributed by atoms with Crippen molar-refractivity contribution in [2.45, 2.75) is 33.2 Å². The normalized spacial score (nSPS) is 12.6. The maximum atomic E-state index is 4.70. The monoisotopic (exact) mass is 260 g/mol. The van der Waals surface area contributed by atoms with E-state index in [1.807, 2.05) is 0 Å². The van der Waals surface area contributed by atoms with E-state index in [1.165, 1.54) is 15.4 Å². The van der Waals surface area contributed by atoms with Gasteiger partial charge in [-0.3, -0.25) is 0 Å². The van der Waals surface area contributed by atoms with Crippen LogP contribution in [0.4, 0.5) is 0 Å². The first kappa shape index (κ1) is 13.2. The minimum Gasteiger partial charge on any atom is -0.304 e. The van der Waals surface area contributed by atoms with Gasteiger partial charge in [-0.25, -0.2) is 4.98 Å². The molecule has 0 bridgehead atoms. The van der Waals surface area contributed by atoms with E-state index >= 15 is 0 Å². The van der Waals surface area contributed by atoms with Gasteiger partial charge >= 0.3 is 0 Å². The predicted octanol–water partition coefficient (Wildman–Crippen LogP) is 3.85. The third-order valence-corrected chi connectivity index (χ3v) is 4.16. The molecule has 2 nitrogen and oxygen atoms in total. The van der Waals surface area contributed by atoms with Crippen LogP contribution in [0.1, 0.15) is 40.5 Å². The fourth-order valence-corrected chi connectivity index (χ4v) is 2.93. The van der Waals surface area contributed by atoms with Gasteiger partial charge in [0.05, 0.1) is 11.7 Å². The molecule has 1 N–H and O–H groups in total. The minimum atomic E-state index is 0.226. The molecule has 1 heterocycles. The highest BCUT2D eigenvalue weighted by molar-refractivity contribution is 7.11. The Morgan fingerprint density at radius 1 is 1.22 bits per heavy atom. The molecule has 0 amide bonds. The van der Waals surface area contributed by atoms with Crippen molar-refractivity contribution in [2.75, 3.05) is 6.54 Å². The SMILES string of the molecule is CCCNC(c1ccccc1)c1nc(C)c(C)s1. The summed E-state index contributed by atoms with van der Waals surface area (Å²) in [7, 11) is 0. The van der Waals surface area contributed by atoms with Crippen LogP contribution in [0.2, 0.25) is 0 Å². The van der Waals surface area contributed by atoms with E-state index in [-0.39, 0.29) is 6.04 Å². The largest absolute Gasteiger partial charge is 0.304 e. The van der Waals surface area contributed by atoms with E-state index in [1.54, 1.807) is 11.3 Å². The number of thiazole rings is 1. The van der Waals surface area contributed by atoms with Gasteiger partial charge in [0.1, 0.15) is 5.01 Å². The number of rotatable bonds is 5. The second-order valence-corrected chi connectivity index (χ2v) is 5.73. The number of hydrogen-bond acceptors (Lipinski definition) is 3. The average molecular weight is 260 g/mol. The lowest BCUT2D eigenvalue weighted by molar-refractivity contribution is 0.595. The number of benzene rings is 1. The third-order valence-electron chi connectivity index (χ3n) is 3.02. The van der Waals surface area contributed by atoms with Gasteiger partial charge in [0.25, 0.3) is 0 Å². The van der Waals surface area contributed by atoms with Gasteiger partial charge in [-0.05, 0) is 32.4 Å². The summed E-state index contributed by atoms with van der Waals surface area (Å²) in [6, 6.07) is 10.8. The molecular formula is C15H20N2S. The van der Waals surface area contributed by atoms with Crippen LogP contribution in [-0.2, 0) is 0 Å². The van der Waals surface area contributed by atoms with Gasteiger partial charge in [0, 0.05) is 4.88 Å². The quantitative estimate of drug-likeness (QED) is 0.883. The van der Waals surface area contributed by atoms with Crippen LogP contribution in [0, 0.1) is 13.8 Å². The fourth-order valence-electron chi connectivity index (χ4n) is 1.90. The van der Waals surface area contributed by atoms with Gasteiger partial charge in [-0.15, -0.1) is 11.3 Å². The highest BCUT2D eigenvalue weighted by atomic mass is 32.1. The Bertz CT molecular complexity index is 471. The van der Waals surface area contributed by atoms with Crippen LogP contribution in [0.3, 0.4) is 0 Å². The van der Waals surface area contributed by atoms with E-state index in [9.17, 15) is 0 Å². The van der Waals surface area contributed by atoms with Crippen LogP contribution in [0.15, 0.2) is 30.3 Å². The lowest BCUT2D eigenvalue weighted by Gasteiger charge is -2.16. The predicted molar refractivity (Wildman–Crippen MR) is 78.2 cm³/mol. The van der Waals surface area contributed by atoms with Crippen molar-refractivity contribution in [3.05, 3.63) is 51.5 Å². The van der Waals surface area contributed by atoms with Crippen LogP contribution in [0.25, 0.3) is 0 Å². The number of nitrogens with zero attached hydrogens (tertiary/aromatic N) is 1. The molecular weight excluding hydrogens is 240 g/mol. The summed E-state index contributed by atoms with van der Waals surface area (Å²) in [5.74, 6) is 0. The zero-order valence-corrected chi connectivity index (χ0v) is 12.1. The van der Waals surface area contributed by atoms with Crippen molar-refractivity contribution in [1.82, 2.24) is 10.3 Å². The molecule has 1 aromatic heterocycles. The molecule has 0 fully saturated rings. The highest BCUT2D eigenvalue weighted by Crippen LogP contribution is 2.27. The topological polar surface area (TPSA) is 24.9 Å². The molecule has 1 unspecified atom stereocenters. The first-order chi connectivity index (χ1) is 8.72. The molecule has 0 spiro atoms. The van der Waals surface area contributed by atoms with Crippen LogP contribution < -0.4 is 5.32 Å². The van der Waals surface area contributed by atoms with Crippen molar-refractivity contribution in [3.8, 4) is 0 Å². The molecule has 0 aliphatic heterocycles. The van der Waals surface area contributed by atoms with Gasteiger partial charge in [-0.1, -0.05) is 37.3 Å². The first-order valence-electron chi connectivity index (χ1n) is 6.44. The van der Waals surface area contributed by atoms with Crippen molar-refractivity contribution in [2.24, 2.45) is 0 Å². The number of nitrogens with one attached hydrogen (secondary N) is 1. The van der Waals surface area contributed by atoms with Crippen molar-refractivity contribution in [3.63, 3.8) is 0 Å². The first-order valence-corrected chi connectivity index (χ1v) is 7.26. The van der Waals surface area contributed by atoms with Crippen molar-refractivity contribution < 1.29 is 0 Å². The van der Waals surface area contributed by atoms with Gasteiger partial charge in [0.15, 0.2) is 0 Å². The highest BCUT2D eigenvalue weighted by Gasteiger charge is 2.17. The molecule has 1 aromatic carbocycles. The van der Waals surface area contributed by atoms with E-state index in [0.717, 1.165) is 18.7 Å². The summed E-state index contributed by atoms with van der Waals surface area (Å²) in [6.07, 6.45) is 1.13. The molecule has 0 saturated carbocycles. The second kappa shape index (κ2) is 6.12. The summed E-state index contributed by atoms with van der Waals surface area (Å²) in [5.41, 5.74) is 2.44. The molecule has 2 rings (SSSR count). The Hall–Kier alpha value is -1.19. The van der Waals surface area contributed by atoms with E-state index in [4.69, 9.17) is 4.98 Å². The van der Waals surface area contributed by atoms with E-state index in [0.29, 0.717) is 0 Å². The zero-order chi connectivity index (χ0) is 13.0. The molecule has 0 aliphatic rings. The molecule has 0 radical (unpaired) electrons. The van der Waals surface area contributed by atoms with Crippen LogP contribution >= 0.6 is 11.3 Å². The molecule has 0 aliphatic carbocycles. The number of hydrogen-bond donors (Lipinski definition) is 1. The van der Waals surface area contributed by atoms with E-state index < -0.39 is 0 Å². The molecule has 18 heavy (non-hydrogen) atoms. The summed E-state index contributed by atoms with van der Waals surface area (Å²) in [4.78, 5) is 6.01. The van der Waals surface area contributed by atoms with E-state index in [2.05, 4.69) is 56.4 Å². The van der Waals surface area contributed by atoms with Crippen molar-refractivity contribution in [1.29, 1.82) is 0 Å². The number of aryl methyl sites for hydroxylation is 2.